The second kappa shape index (κ2) is 3.16. The third-order valence-corrected chi connectivity index (χ3v) is 2.75. The first kappa shape index (κ1) is 8.44. The van der Waals surface area contributed by atoms with Gasteiger partial charge in [-0.15, -0.1) is 0 Å². The molecule has 0 aromatic carbocycles. The van der Waals surface area contributed by atoms with Gasteiger partial charge in [0.25, 0.3) is 0 Å². The summed E-state index contributed by atoms with van der Waals surface area (Å²) < 4.78 is 0. The molecule has 2 nitrogen and oxygen atoms in total. The summed E-state index contributed by atoms with van der Waals surface area (Å²) in [4.78, 5) is 10.4. The molecular formula is C9H15NO. The van der Waals surface area contributed by atoms with Crippen LogP contribution < -0.4 is 0 Å². The Labute approximate surface area is 67.7 Å². The standard InChI is InChI=1S/C9H15NO/c1-6-4-5-7(2)9(10-11)8(6)3/h4,7-9H,5H2,1-3H3. The number of hydrogen-bond acceptors (Lipinski definition) is 2. The molecule has 1 aliphatic rings. The Morgan fingerprint density at radius 2 is 2.18 bits per heavy atom. The summed E-state index contributed by atoms with van der Waals surface area (Å²) in [6.07, 6.45) is 3.23. The number of nitrogens with zero attached hydrogens (tertiary/aromatic N) is 1. The Bertz CT molecular complexity index is 186. The zero-order chi connectivity index (χ0) is 8.43. The van der Waals surface area contributed by atoms with Crippen LogP contribution in [0.25, 0.3) is 0 Å². The number of allylic oxidation sites excluding steroid dienone is 1. The quantitative estimate of drug-likeness (QED) is 0.420. The average Bonchev–Trinajstić information content (AvgIpc) is 1.99. The van der Waals surface area contributed by atoms with E-state index in [-0.39, 0.29) is 6.04 Å². The third kappa shape index (κ3) is 1.50. The molecule has 0 saturated heterocycles. The van der Waals surface area contributed by atoms with Crippen LogP contribution in [0.5, 0.6) is 0 Å². The lowest BCUT2D eigenvalue weighted by atomic mass is 9.79. The Hall–Kier alpha value is -0.660. The van der Waals surface area contributed by atoms with Crippen molar-refractivity contribution in [2.24, 2.45) is 17.0 Å². The van der Waals surface area contributed by atoms with Gasteiger partial charge in [0.05, 0.1) is 0 Å². The molecule has 0 bridgehead atoms. The molecule has 0 aliphatic heterocycles. The van der Waals surface area contributed by atoms with E-state index in [1.807, 2.05) is 0 Å². The van der Waals surface area contributed by atoms with Gasteiger partial charge in [-0.05, 0) is 19.3 Å². The topological polar surface area (TPSA) is 29.4 Å². The first-order valence-electron chi connectivity index (χ1n) is 4.16. The normalized spacial score (nSPS) is 38.1. The predicted molar refractivity (Wildman–Crippen MR) is 46.3 cm³/mol. The largest absolute Gasteiger partial charge is 0.150 e. The SMILES string of the molecule is CC1=CCC(C)C(N=O)C1C. The minimum atomic E-state index is -0.000000000000000444. The molecule has 11 heavy (non-hydrogen) atoms. The average molecular weight is 153 g/mol. The van der Waals surface area contributed by atoms with E-state index in [0.717, 1.165) is 6.42 Å². The van der Waals surface area contributed by atoms with Crippen LogP contribution in [0, 0.1) is 16.7 Å². The van der Waals surface area contributed by atoms with Crippen LogP contribution in [-0.2, 0) is 0 Å². The summed E-state index contributed by atoms with van der Waals surface area (Å²) in [6, 6.07) is -0.000000000000000444. The summed E-state index contributed by atoms with van der Waals surface area (Å²) >= 11 is 0. The van der Waals surface area contributed by atoms with Gasteiger partial charge in [-0.3, -0.25) is 0 Å². The molecule has 3 unspecified atom stereocenters. The van der Waals surface area contributed by atoms with E-state index in [9.17, 15) is 4.91 Å². The van der Waals surface area contributed by atoms with Crippen molar-refractivity contribution in [1.29, 1.82) is 0 Å². The minimum absolute atomic E-state index is 0.000000000000000444. The Balaban J connectivity index is 2.79. The lowest BCUT2D eigenvalue weighted by Gasteiger charge is -2.28. The monoisotopic (exact) mass is 153 g/mol. The molecule has 0 aromatic rings. The number of hydrogen-bond donors (Lipinski definition) is 0. The fourth-order valence-corrected chi connectivity index (χ4v) is 1.65. The fraction of sp³-hybridized carbons (Fsp3) is 0.778. The van der Waals surface area contributed by atoms with E-state index in [2.05, 4.69) is 32.0 Å². The van der Waals surface area contributed by atoms with E-state index in [1.54, 1.807) is 0 Å². The molecule has 0 heterocycles. The number of nitroso groups, excluding NO2 is 1. The van der Waals surface area contributed by atoms with E-state index >= 15 is 0 Å². The molecule has 0 spiro atoms. The van der Waals surface area contributed by atoms with E-state index in [0.29, 0.717) is 11.8 Å². The van der Waals surface area contributed by atoms with Crippen molar-refractivity contribution in [3.05, 3.63) is 16.6 Å². The highest BCUT2D eigenvalue weighted by atomic mass is 16.3. The summed E-state index contributed by atoms with van der Waals surface area (Å²) in [5.41, 5.74) is 1.31. The highest BCUT2D eigenvalue weighted by molar-refractivity contribution is 5.11. The lowest BCUT2D eigenvalue weighted by molar-refractivity contribution is 0.358. The van der Waals surface area contributed by atoms with E-state index < -0.39 is 0 Å². The van der Waals surface area contributed by atoms with Crippen molar-refractivity contribution in [3.63, 3.8) is 0 Å². The van der Waals surface area contributed by atoms with E-state index in [4.69, 9.17) is 0 Å². The van der Waals surface area contributed by atoms with Gasteiger partial charge in [-0.1, -0.05) is 30.7 Å². The molecule has 0 radical (unpaired) electrons. The summed E-state index contributed by atoms with van der Waals surface area (Å²) in [5.74, 6) is 0.766. The van der Waals surface area contributed by atoms with Crippen LogP contribution in [0.15, 0.2) is 16.8 Å². The number of rotatable bonds is 1. The van der Waals surface area contributed by atoms with Gasteiger partial charge in [-0.2, -0.15) is 4.91 Å². The predicted octanol–water partition coefficient (Wildman–Crippen LogP) is 2.74. The molecule has 0 fully saturated rings. The minimum Gasteiger partial charge on any atom is -0.150 e. The second-order valence-electron chi connectivity index (χ2n) is 3.55. The zero-order valence-corrected chi connectivity index (χ0v) is 7.37. The molecule has 0 saturated carbocycles. The highest BCUT2D eigenvalue weighted by Crippen LogP contribution is 2.30. The van der Waals surface area contributed by atoms with Crippen LogP contribution in [0.4, 0.5) is 0 Å². The van der Waals surface area contributed by atoms with Gasteiger partial charge in [0, 0.05) is 5.92 Å². The van der Waals surface area contributed by atoms with Crippen LogP contribution >= 0.6 is 0 Å². The van der Waals surface area contributed by atoms with Gasteiger partial charge in [-0.25, -0.2) is 0 Å². The maximum Gasteiger partial charge on any atom is 0.101 e. The van der Waals surface area contributed by atoms with Crippen molar-refractivity contribution < 1.29 is 0 Å². The highest BCUT2D eigenvalue weighted by Gasteiger charge is 2.28. The zero-order valence-electron chi connectivity index (χ0n) is 7.37. The van der Waals surface area contributed by atoms with Crippen LogP contribution in [0.3, 0.4) is 0 Å². The molecule has 3 atom stereocenters. The van der Waals surface area contributed by atoms with E-state index in [1.165, 1.54) is 5.57 Å². The Kier molecular flexibility index (Phi) is 2.42. The van der Waals surface area contributed by atoms with Crippen molar-refractivity contribution in [3.8, 4) is 0 Å². The van der Waals surface area contributed by atoms with Crippen molar-refractivity contribution in [2.75, 3.05) is 0 Å². The van der Waals surface area contributed by atoms with Crippen molar-refractivity contribution in [1.82, 2.24) is 0 Å². The van der Waals surface area contributed by atoms with Gasteiger partial charge < -0.3 is 0 Å². The first-order chi connectivity index (χ1) is 5.16. The van der Waals surface area contributed by atoms with Crippen LogP contribution in [0.2, 0.25) is 0 Å². The molecule has 0 amide bonds. The summed E-state index contributed by atoms with van der Waals surface area (Å²) in [6.45, 7) is 6.24. The molecular weight excluding hydrogens is 138 g/mol. The maximum atomic E-state index is 10.4. The van der Waals surface area contributed by atoms with Gasteiger partial charge in [0.2, 0.25) is 0 Å². The maximum absolute atomic E-state index is 10.4. The fourth-order valence-electron chi connectivity index (χ4n) is 1.65. The van der Waals surface area contributed by atoms with Crippen LogP contribution in [-0.4, -0.2) is 6.04 Å². The Morgan fingerprint density at radius 3 is 2.64 bits per heavy atom. The molecule has 0 N–H and O–H groups in total. The molecule has 0 aromatic heterocycles. The molecule has 62 valence electrons. The first-order valence-corrected chi connectivity index (χ1v) is 4.16. The summed E-state index contributed by atoms with van der Waals surface area (Å²) in [7, 11) is 0. The van der Waals surface area contributed by atoms with Crippen molar-refractivity contribution >= 4 is 0 Å². The second-order valence-corrected chi connectivity index (χ2v) is 3.55. The lowest BCUT2D eigenvalue weighted by Crippen LogP contribution is -2.27. The molecule has 2 heteroatoms. The summed E-state index contributed by atoms with van der Waals surface area (Å²) in [5, 5.41) is 3.17. The van der Waals surface area contributed by atoms with Gasteiger partial charge >= 0.3 is 0 Å². The van der Waals surface area contributed by atoms with Gasteiger partial charge in [0.15, 0.2) is 0 Å². The van der Waals surface area contributed by atoms with Crippen molar-refractivity contribution in [2.45, 2.75) is 33.2 Å². The third-order valence-electron chi connectivity index (χ3n) is 2.75. The van der Waals surface area contributed by atoms with Gasteiger partial charge in [0.1, 0.15) is 6.04 Å². The molecule has 1 aliphatic carbocycles. The van der Waals surface area contributed by atoms with Crippen LogP contribution in [0.1, 0.15) is 27.2 Å². The smallest absolute Gasteiger partial charge is 0.101 e. The Morgan fingerprint density at radius 1 is 1.55 bits per heavy atom. The molecule has 1 rings (SSSR count).